The average Bonchev–Trinajstić information content (AvgIpc) is 2.97. The first-order chi connectivity index (χ1) is 9.66. The van der Waals surface area contributed by atoms with Crippen molar-refractivity contribution in [1.29, 1.82) is 0 Å². The zero-order valence-corrected chi connectivity index (χ0v) is 12.3. The molecule has 0 aliphatic heterocycles. The van der Waals surface area contributed by atoms with Gasteiger partial charge in [0.2, 0.25) is 0 Å². The van der Waals surface area contributed by atoms with Gasteiger partial charge in [0.15, 0.2) is 5.78 Å². The molecule has 0 spiro atoms. The Morgan fingerprint density at radius 3 is 2.30 bits per heavy atom. The number of hydrogen-bond donors (Lipinski definition) is 0. The van der Waals surface area contributed by atoms with E-state index in [1.54, 1.807) is 6.92 Å². The summed E-state index contributed by atoms with van der Waals surface area (Å²) in [5.41, 5.74) is 0. The third-order valence-electron chi connectivity index (χ3n) is 4.41. The van der Waals surface area contributed by atoms with Crippen molar-refractivity contribution in [3.05, 3.63) is 0 Å². The summed E-state index contributed by atoms with van der Waals surface area (Å²) in [6, 6.07) is -0.422. The molecule has 4 heteroatoms. The van der Waals surface area contributed by atoms with Gasteiger partial charge >= 0.3 is 5.97 Å². The highest BCUT2D eigenvalue weighted by Crippen LogP contribution is 2.25. The minimum absolute atomic E-state index is 0.0540. The number of ether oxygens (including phenoxy) is 1. The molecule has 2 fully saturated rings. The lowest BCUT2D eigenvalue weighted by atomic mass is 9.84. The van der Waals surface area contributed by atoms with Crippen LogP contribution in [0.2, 0.25) is 0 Å². The molecule has 0 radical (unpaired) electrons. The van der Waals surface area contributed by atoms with Gasteiger partial charge in [-0.1, -0.05) is 19.3 Å². The third-order valence-corrected chi connectivity index (χ3v) is 4.41. The van der Waals surface area contributed by atoms with Crippen LogP contribution < -0.4 is 0 Å². The summed E-state index contributed by atoms with van der Waals surface area (Å²) >= 11 is 0. The molecule has 0 bridgehead atoms. The van der Waals surface area contributed by atoms with Crippen LogP contribution in [0.1, 0.15) is 64.7 Å². The van der Waals surface area contributed by atoms with Gasteiger partial charge in [-0.2, -0.15) is 0 Å². The lowest BCUT2D eigenvalue weighted by Crippen LogP contribution is -2.27. The maximum atomic E-state index is 12.2. The van der Waals surface area contributed by atoms with Gasteiger partial charge in [-0.05, 0) is 45.4 Å². The van der Waals surface area contributed by atoms with Crippen LogP contribution in [0.4, 0.5) is 0 Å². The fraction of sp³-hybridized carbons (Fsp3) is 0.812. The van der Waals surface area contributed by atoms with Crippen molar-refractivity contribution in [2.45, 2.75) is 76.9 Å². The van der Waals surface area contributed by atoms with Gasteiger partial charge in [-0.25, -0.2) is 4.79 Å². The van der Waals surface area contributed by atoms with Crippen molar-refractivity contribution >= 4 is 18.0 Å². The van der Waals surface area contributed by atoms with E-state index in [0.717, 1.165) is 51.4 Å². The first-order valence-electron chi connectivity index (χ1n) is 7.94. The van der Waals surface area contributed by atoms with Crippen molar-refractivity contribution in [2.24, 2.45) is 10.9 Å². The Morgan fingerprint density at radius 1 is 1.05 bits per heavy atom. The normalized spacial score (nSPS) is 23.1. The number of esters is 1. The van der Waals surface area contributed by atoms with Crippen molar-refractivity contribution < 1.29 is 14.3 Å². The van der Waals surface area contributed by atoms with Crippen molar-refractivity contribution in [3.63, 3.8) is 0 Å². The van der Waals surface area contributed by atoms with Crippen LogP contribution >= 0.6 is 0 Å². The molecule has 0 N–H and O–H groups in total. The first-order valence-corrected chi connectivity index (χ1v) is 7.94. The topological polar surface area (TPSA) is 55.7 Å². The van der Waals surface area contributed by atoms with Gasteiger partial charge in [0.25, 0.3) is 0 Å². The fourth-order valence-corrected chi connectivity index (χ4v) is 3.18. The van der Waals surface area contributed by atoms with Crippen molar-refractivity contribution in [1.82, 2.24) is 0 Å². The van der Waals surface area contributed by atoms with Gasteiger partial charge in [-0.15, -0.1) is 0 Å². The van der Waals surface area contributed by atoms with Gasteiger partial charge in [-0.3, -0.25) is 9.79 Å². The molecule has 2 rings (SSSR count). The zero-order chi connectivity index (χ0) is 14.4. The van der Waals surface area contributed by atoms with Gasteiger partial charge in [0.1, 0.15) is 18.4 Å². The number of aliphatic imine (C=N–C) groups is 1. The van der Waals surface area contributed by atoms with Gasteiger partial charge < -0.3 is 4.74 Å². The molecule has 0 amide bonds. The number of nitrogens with zero attached hydrogens (tertiary/aromatic N) is 1. The maximum Gasteiger partial charge on any atom is 0.349 e. The average molecular weight is 279 g/mol. The fourth-order valence-electron chi connectivity index (χ4n) is 3.18. The van der Waals surface area contributed by atoms with E-state index >= 15 is 0 Å². The summed E-state index contributed by atoms with van der Waals surface area (Å²) in [6.07, 6.45) is 10.9. The van der Waals surface area contributed by atoms with E-state index in [1.807, 2.05) is 0 Å². The Bertz CT molecular complexity index is 366. The van der Waals surface area contributed by atoms with Crippen LogP contribution in [0.25, 0.3) is 0 Å². The van der Waals surface area contributed by atoms with Crippen LogP contribution in [0.15, 0.2) is 4.99 Å². The molecule has 0 aromatic rings. The standard InChI is InChI=1S/C16H25NO3/c1-12(16(19)13-7-3-2-4-8-13)17-11-15(18)20-14-9-5-6-10-14/h11-14H,2-10H2,1H3/t12-/m0/s1. The highest BCUT2D eigenvalue weighted by molar-refractivity contribution is 6.23. The molecule has 2 aliphatic rings. The van der Waals surface area contributed by atoms with Crippen molar-refractivity contribution in [2.75, 3.05) is 0 Å². The SMILES string of the molecule is C[C@H](N=CC(=O)OC1CCCC1)C(=O)C1CCCCC1. The summed E-state index contributed by atoms with van der Waals surface area (Å²) in [7, 11) is 0. The maximum absolute atomic E-state index is 12.2. The molecule has 0 saturated heterocycles. The second-order valence-corrected chi connectivity index (χ2v) is 6.03. The predicted octanol–water partition coefficient (Wildman–Crippen LogP) is 3.08. The van der Waals surface area contributed by atoms with E-state index in [4.69, 9.17) is 4.74 Å². The molecule has 2 aliphatic carbocycles. The second-order valence-electron chi connectivity index (χ2n) is 6.03. The Balaban J connectivity index is 1.76. The number of rotatable bonds is 5. The number of carbonyl (C=O) groups excluding carboxylic acids is 2. The van der Waals surface area contributed by atoms with E-state index in [2.05, 4.69) is 4.99 Å². The summed E-state index contributed by atoms with van der Waals surface area (Å²) in [5, 5.41) is 0. The largest absolute Gasteiger partial charge is 0.458 e. The first kappa shape index (κ1) is 15.2. The Hall–Kier alpha value is -1.19. The monoisotopic (exact) mass is 279 g/mol. The number of carbonyl (C=O) groups is 2. The highest BCUT2D eigenvalue weighted by Gasteiger charge is 2.25. The van der Waals surface area contributed by atoms with E-state index in [-0.39, 0.29) is 17.8 Å². The summed E-state index contributed by atoms with van der Waals surface area (Å²) in [6.45, 7) is 1.77. The molecule has 0 aromatic carbocycles. The molecule has 2 saturated carbocycles. The lowest BCUT2D eigenvalue weighted by Gasteiger charge is -2.21. The number of Topliss-reactive ketones (excluding diaryl/α,β-unsaturated/α-hetero) is 1. The minimum Gasteiger partial charge on any atom is -0.458 e. The van der Waals surface area contributed by atoms with Gasteiger partial charge in [0, 0.05) is 5.92 Å². The zero-order valence-electron chi connectivity index (χ0n) is 12.3. The summed E-state index contributed by atoms with van der Waals surface area (Å²) in [5.74, 6) is -0.0865. The Labute approximate surface area is 121 Å². The highest BCUT2D eigenvalue weighted by atomic mass is 16.5. The quantitative estimate of drug-likeness (QED) is 0.574. The van der Waals surface area contributed by atoms with E-state index < -0.39 is 12.0 Å². The molecular formula is C16H25NO3. The molecule has 0 unspecified atom stereocenters. The molecular weight excluding hydrogens is 254 g/mol. The van der Waals surface area contributed by atoms with Crippen LogP contribution in [0.5, 0.6) is 0 Å². The predicted molar refractivity (Wildman–Crippen MR) is 77.9 cm³/mol. The van der Waals surface area contributed by atoms with Gasteiger partial charge in [0.05, 0.1) is 0 Å². The van der Waals surface area contributed by atoms with E-state index in [1.165, 1.54) is 12.6 Å². The second kappa shape index (κ2) is 7.55. The number of ketones is 1. The summed E-state index contributed by atoms with van der Waals surface area (Å²) in [4.78, 5) is 27.9. The Morgan fingerprint density at radius 2 is 1.65 bits per heavy atom. The number of hydrogen-bond acceptors (Lipinski definition) is 4. The van der Waals surface area contributed by atoms with Crippen LogP contribution in [-0.4, -0.2) is 30.1 Å². The van der Waals surface area contributed by atoms with Crippen LogP contribution in [-0.2, 0) is 14.3 Å². The molecule has 20 heavy (non-hydrogen) atoms. The molecule has 112 valence electrons. The molecule has 0 heterocycles. The van der Waals surface area contributed by atoms with Crippen LogP contribution in [0.3, 0.4) is 0 Å². The summed E-state index contributed by atoms with van der Waals surface area (Å²) < 4.78 is 5.29. The third kappa shape index (κ3) is 4.43. The van der Waals surface area contributed by atoms with E-state index in [9.17, 15) is 9.59 Å². The minimum atomic E-state index is -0.422. The van der Waals surface area contributed by atoms with Crippen molar-refractivity contribution in [3.8, 4) is 0 Å². The molecule has 1 atom stereocenters. The molecule has 4 nitrogen and oxygen atoms in total. The molecule has 0 aromatic heterocycles. The Kier molecular flexibility index (Phi) is 5.74. The van der Waals surface area contributed by atoms with E-state index in [0.29, 0.717) is 0 Å². The van der Waals surface area contributed by atoms with Crippen LogP contribution in [0, 0.1) is 5.92 Å². The lowest BCUT2D eigenvalue weighted by molar-refractivity contribution is -0.139. The smallest absolute Gasteiger partial charge is 0.349 e.